The number of amides is 5. The van der Waals surface area contributed by atoms with Crippen molar-refractivity contribution in [3.8, 4) is 0 Å². The molecule has 2 unspecified atom stereocenters. The van der Waals surface area contributed by atoms with Gasteiger partial charge in [0.2, 0.25) is 23.6 Å². The van der Waals surface area contributed by atoms with Crippen molar-refractivity contribution in [2.24, 2.45) is 11.5 Å². The predicted molar refractivity (Wildman–Crippen MR) is 173 cm³/mol. The molecule has 0 aliphatic rings. The topological polar surface area (TPSA) is 212 Å². The molecular formula is C32H41ClN6O7. The van der Waals surface area contributed by atoms with E-state index in [4.69, 9.17) is 27.8 Å². The maximum Gasteiger partial charge on any atom is 0.407 e. The van der Waals surface area contributed by atoms with Gasteiger partial charge in [-0.1, -0.05) is 54.1 Å². The van der Waals surface area contributed by atoms with Crippen molar-refractivity contribution >= 4 is 53.2 Å². The first-order valence-corrected chi connectivity index (χ1v) is 15.1. The van der Waals surface area contributed by atoms with Gasteiger partial charge in [0, 0.05) is 24.1 Å². The number of rotatable bonds is 20. The first-order chi connectivity index (χ1) is 21.9. The molecule has 0 aliphatic carbocycles. The standard InChI is InChI=1S/C32H41ClN6O7/c1-21(38-28(41)17-12-22-10-13-24(33)14-11-22)31(44)39-27(30(35)43)16-15-25(40)19-37-26(29(34)42)9-5-6-18-36-32(45)46-20-23-7-3-2-4-8-23/h2-4,7-8,10-14,17,21,26-27,37H,5-6,9,15-16,18-20H2,1H3,(H2,34,42)(H2,35,43)(H,36,45)(H,38,41)(H,39,44)/b17-12+/t21?,26?,27-/m0/s1. The van der Waals surface area contributed by atoms with Crippen LogP contribution in [0.5, 0.6) is 0 Å². The average molecular weight is 657 g/mol. The van der Waals surface area contributed by atoms with Gasteiger partial charge < -0.3 is 32.2 Å². The molecule has 13 nitrogen and oxygen atoms in total. The smallest absolute Gasteiger partial charge is 0.407 e. The molecule has 0 aliphatic heterocycles. The maximum absolute atomic E-state index is 12.6. The first-order valence-electron chi connectivity index (χ1n) is 14.8. The first kappa shape index (κ1) is 37.4. The number of carbonyl (C=O) groups is 6. The molecule has 2 aromatic carbocycles. The van der Waals surface area contributed by atoms with E-state index in [0.717, 1.165) is 11.1 Å². The summed E-state index contributed by atoms with van der Waals surface area (Å²) < 4.78 is 5.14. The lowest BCUT2D eigenvalue weighted by molar-refractivity contribution is -0.130. The highest BCUT2D eigenvalue weighted by molar-refractivity contribution is 6.30. The number of nitrogens with two attached hydrogens (primary N) is 2. The van der Waals surface area contributed by atoms with Crippen LogP contribution in [0, 0.1) is 0 Å². The minimum atomic E-state index is -1.15. The summed E-state index contributed by atoms with van der Waals surface area (Å²) in [7, 11) is 0. The van der Waals surface area contributed by atoms with Gasteiger partial charge in [0.15, 0.2) is 0 Å². The molecule has 46 heavy (non-hydrogen) atoms. The lowest BCUT2D eigenvalue weighted by atomic mass is 10.1. The van der Waals surface area contributed by atoms with Gasteiger partial charge in [0.1, 0.15) is 24.5 Å². The lowest BCUT2D eigenvalue weighted by Crippen LogP contribution is -2.51. The molecule has 0 fully saturated rings. The van der Waals surface area contributed by atoms with Crippen molar-refractivity contribution in [2.75, 3.05) is 13.1 Å². The fraction of sp³-hybridized carbons (Fsp3) is 0.375. The second-order valence-corrected chi connectivity index (χ2v) is 10.9. The molecule has 0 saturated heterocycles. The number of carbonyl (C=O) groups excluding carboxylic acids is 6. The molecule has 248 valence electrons. The maximum atomic E-state index is 12.6. The lowest BCUT2D eigenvalue weighted by Gasteiger charge is -2.19. The zero-order valence-electron chi connectivity index (χ0n) is 25.6. The minimum Gasteiger partial charge on any atom is -0.445 e. The summed E-state index contributed by atoms with van der Waals surface area (Å²) in [5.41, 5.74) is 12.5. The van der Waals surface area contributed by atoms with E-state index in [-0.39, 0.29) is 31.8 Å². The van der Waals surface area contributed by atoms with E-state index in [1.807, 2.05) is 30.3 Å². The Kier molecular flexibility index (Phi) is 16.5. The average Bonchev–Trinajstić information content (AvgIpc) is 3.02. The van der Waals surface area contributed by atoms with Crippen LogP contribution < -0.4 is 32.7 Å². The molecule has 0 saturated carbocycles. The predicted octanol–water partition coefficient (Wildman–Crippen LogP) is 1.72. The molecule has 8 N–H and O–H groups in total. The highest BCUT2D eigenvalue weighted by Gasteiger charge is 2.23. The Labute approximate surface area is 272 Å². The number of hydrogen-bond donors (Lipinski definition) is 6. The van der Waals surface area contributed by atoms with Gasteiger partial charge in [-0.05, 0) is 61.9 Å². The number of ether oxygens (including phenoxy) is 1. The molecule has 0 aromatic heterocycles. The highest BCUT2D eigenvalue weighted by Crippen LogP contribution is 2.10. The summed E-state index contributed by atoms with van der Waals surface area (Å²) in [5, 5.41) is 11.0. The van der Waals surface area contributed by atoms with Crippen LogP contribution >= 0.6 is 11.6 Å². The summed E-state index contributed by atoms with van der Waals surface area (Å²) in [6.45, 7) is 1.74. The third-order valence-electron chi connectivity index (χ3n) is 6.71. The quantitative estimate of drug-likeness (QED) is 0.0910. The number of Topliss-reactive ketones (excluding diaryl/α,β-unsaturated/α-hetero) is 1. The van der Waals surface area contributed by atoms with Crippen LogP contribution in [0.1, 0.15) is 50.2 Å². The molecule has 14 heteroatoms. The van der Waals surface area contributed by atoms with E-state index in [1.54, 1.807) is 30.3 Å². The zero-order valence-corrected chi connectivity index (χ0v) is 26.4. The third-order valence-corrected chi connectivity index (χ3v) is 6.96. The van der Waals surface area contributed by atoms with Crippen LogP contribution in [0.15, 0.2) is 60.7 Å². The Morgan fingerprint density at radius 2 is 1.54 bits per heavy atom. The fourth-order valence-corrected chi connectivity index (χ4v) is 4.19. The van der Waals surface area contributed by atoms with Crippen LogP contribution in [-0.4, -0.2) is 66.7 Å². The zero-order chi connectivity index (χ0) is 33.9. The SMILES string of the molecule is CC(NC(=O)/C=C/c1ccc(Cl)cc1)C(=O)N[C@@H](CCC(=O)CNC(CCCCNC(=O)OCc1ccccc1)C(N)=O)C(N)=O. The second kappa shape index (κ2) is 20.3. The van der Waals surface area contributed by atoms with Gasteiger partial charge >= 0.3 is 6.09 Å². The normalized spacial score (nSPS) is 12.8. The summed E-state index contributed by atoms with van der Waals surface area (Å²) in [6.07, 6.45) is 3.48. The molecule has 0 radical (unpaired) electrons. The van der Waals surface area contributed by atoms with Crippen LogP contribution in [-0.2, 0) is 35.3 Å². The van der Waals surface area contributed by atoms with Crippen LogP contribution in [0.2, 0.25) is 5.02 Å². The molecule has 2 rings (SSSR count). The van der Waals surface area contributed by atoms with Crippen molar-refractivity contribution in [3.63, 3.8) is 0 Å². The highest BCUT2D eigenvalue weighted by atomic mass is 35.5. The van der Waals surface area contributed by atoms with E-state index < -0.39 is 47.8 Å². The van der Waals surface area contributed by atoms with Crippen molar-refractivity contribution in [1.82, 2.24) is 21.3 Å². The largest absolute Gasteiger partial charge is 0.445 e. The van der Waals surface area contributed by atoms with Crippen molar-refractivity contribution in [1.29, 1.82) is 0 Å². The molecule has 0 bridgehead atoms. The number of nitrogens with one attached hydrogen (secondary N) is 4. The van der Waals surface area contributed by atoms with Gasteiger partial charge in [-0.15, -0.1) is 0 Å². The van der Waals surface area contributed by atoms with Gasteiger partial charge in [0.05, 0.1) is 12.6 Å². The Morgan fingerprint density at radius 3 is 2.20 bits per heavy atom. The molecule has 3 atom stereocenters. The number of primary amides is 2. The molecule has 0 spiro atoms. The monoisotopic (exact) mass is 656 g/mol. The number of benzene rings is 2. The fourth-order valence-electron chi connectivity index (χ4n) is 4.07. The Bertz CT molecular complexity index is 1350. The molecular weight excluding hydrogens is 616 g/mol. The van der Waals surface area contributed by atoms with E-state index in [9.17, 15) is 28.8 Å². The van der Waals surface area contributed by atoms with E-state index in [2.05, 4.69) is 21.3 Å². The van der Waals surface area contributed by atoms with Gasteiger partial charge in [-0.2, -0.15) is 0 Å². The minimum absolute atomic E-state index is 0.0774. The third kappa shape index (κ3) is 15.3. The van der Waals surface area contributed by atoms with Crippen molar-refractivity contribution in [3.05, 3.63) is 76.8 Å². The van der Waals surface area contributed by atoms with Crippen LogP contribution in [0.3, 0.4) is 0 Å². The van der Waals surface area contributed by atoms with E-state index in [1.165, 1.54) is 13.0 Å². The van der Waals surface area contributed by atoms with Crippen molar-refractivity contribution < 1.29 is 33.5 Å². The summed E-state index contributed by atoms with van der Waals surface area (Å²) in [6, 6.07) is 13.1. The number of alkyl carbamates (subject to hydrolysis) is 1. The van der Waals surface area contributed by atoms with Gasteiger partial charge in [-0.3, -0.25) is 29.3 Å². The number of unbranched alkanes of at least 4 members (excludes halogenated alkanes) is 1. The Hall–Kier alpha value is -4.75. The molecule has 0 heterocycles. The Morgan fingerprint density at radius 1 is 0.870 bits per heavy atom. The number of halogens is 1. The summed E-state index contributed by atoms with van der Waals surface area (Å²) in [5.74, 6) is -3.00. The summed E-state index contributed by atoms with van der Waals surface area (Å²) in [4.78, 5) is 72.8. The van der Waals surface area contributed by atoms with Gasteiger partial charge in [-0.25, -0.2) is 4.79 Å². The second-order valence-electron chi connectivity index (χ2n) is 10.5. The molecule has 5 amide bonds. The number of ketones is 1. The van der Waals surface area contributed by atoms with Crippen LogP contribution in [0.25, 0.3) is 6.08 Å². The van der Waals surface area contributed by atoms with Crippen LogP contribution in [0.4, 0.5) is 4.79 Å². The Balaban J connectivity index is 1.68. The van der Waals surface area contributed by atoms with Gasteiger partial charge in [0.25, 0.3) is 0 Å². The summed E-state index contributed by atoms with van der Waals surface area (Å²) >= 11 is 5.84. The molecule has 2 aromatic rings. The van der Waals surface area contributed by atoms with E-state index >= 15 is 0 Å². The van der Waals surface area contributed by atoms with Crippen molar-refractivity contribution in [2.45, 2.75) is 63.8 Å². The number of hydrogen-bond acceptors (Lipinski definition) is 8. The van der Waals surface area contributed by atoms with E-state index in [0.29, 0.717) is 30.8 Å².